The fourth-order valence-corrected chi connectivity index (χ4v) is 5.68. The predicted molar refractivity (Wildman–Crippen MR) is 114 cm³/mol. The number of nitrogens with one attached hydrogen (secondary N) is 3. The molecule has 0 radical (unpaired) electrons. The quantitative estimate of drug-likeness (QED) is 0.503. The van der Waals surface area contributed by atoms with Crippen LogP contribution in [0.15, 0.2) is 58.3 Å². The van der Waals surface area contributed by atoms with Crippen molar-refractivity contribution >= 4 is 41.4 Å². The van der Waals surface area contributed by atoms with Gasteiger partial charge in [-0.25, -0.2) is 4.79 Å². The van der Waals surface area contributed by atoms with Crippen LogP contribution in [0.1, 0.15) is 35.3 Å². The minimum atomic E-state index is -0.995. The molecule has 2 aliphatic heterocycles. The summed E-state index contributed by atoms with van der Waals surface area (Å²) in [5, 5.41) is 8.08. The van der Waals surface area contributed by atoms with Gasteiger partial charge in [-0.15, -0.1) is 23.5 Å². The average molecular weight is 428 g/mol. The number of rotatable bonds is 5. The summed E-state index contributed by atoms with van der Waals surface area (Å²) in [5.41, 5.74) is 0.729. The molecule has 2 aromatic carbocycles. The lowest BCUT2D eigenvalue weighted by Crippen LogP contribution is -2.46. The number of imide groups is 1. The molecule has 4 amide bonds. The highest BCUT2D eigenvalue weighted by Crippen LogP contribution is 2.36. The lowest BCUT2D eigenvalue weighted by molar-refractivity contribution is -0.122. The molecular weight excluding hydrogens is 406 g/mol. The number of fused-ring (bicyclic) bond motifs is 1. The van der Waals surface area contributed by atoms with Gasteiger partial charge >= 0.3 is 6.03 Å². The largest absolute Gasteiger partial charge is 0.345 e. The molecule has 2 atom stereocenters. The van der Waals surface area contributed by atoms with Crippen LogP contribution in [0, 0.1) is 0 Å². The first-order chi connectivity index (χ1) is 14.0. The van der Waals surface area contributed by atoms with Gasteiger partial charge in [-0.2, -0.15) is 0 Å². The summed E-state index contributed by atoms with van der Waals surface area (Å²) in [7, 11) is 0. The Morgan fingerprint density at radius 3 is 2.76 bits per heavy atom. The zero-order chi connectivity index (χ0) is 20.4. The summed E-state index contributed by atoms with van der Waals surface area (Å²) in [6.45, 7) is 1.68. The fourth-order valence-electron chi connectivity index (χ4n) is 3.41. The molecule has 0 aliphatic carbocycles. The van der Waals surface area contributed by atoms with E-state index in [0.29, 0.717) is 11.3 Å². The van der Waals surface area contributed by atoms with Crippen molar-refractivity contribution < 1.29 is 14.4 Å². The van der Waals surface area contributed by atoms with E-state index < -0.39 is 11.6 Å². The van der Waals surface area contributed by atoms with Crippen LogP contribution >= 0.6 is 23.5 Å². The van der Waals surface area contributed by atoms with Gasteiger partial charge in [0.15, 0.2) is 0 Å². The zero-order valence-corrected chi connectivity index (χ0v) is 17.5. The Morgan fingerprint density at radius 2 is 1.97 bits per heavy atom. The van der Waals surface area contributed by atoms with E-state index in [1.54, 1.807) is 13.0 Å². The van der Waals surface area contributed by atoms with Crippen LogP contribution < -0.4 is 16.0 Å². The van der Waals surface area contributed by atoms with Gasteiger partial charge in [0.05, 0.1) is 11.6 Å². The molecule has 0 bridgehead atoms. The third kappa shape index (κ3) is 4.13. The molecule has 3 N–H and O–H groups in total. The van der Waals surface area contributed by atoms with E-state index in [1.165, 1.54) is 16.7 Å². The van der Waals surface area contributed by atoms with Crippen LogP contribution in [0.5, 0.6) is 0 Å². The molecule has 150 valence electrons. The maximum Gasteiger partial charge on any atom is 0.322 e. The van der Waals surface area contributed by atoms with Crippen molar-refractivity contribution in [1.82, 2.24) is 16.0 Å². The molecule has 2 aliphatic rings. The van der Waals surface area contributed by atoms with Crippen molar-refractivity contribution in [2.45, 2.75) is 34.7 Å². The molecule has 2 unspecified atom stereocenters. The summed E-state index contributed by atoms with van der Waals surface area (Å²) < 4.78 is 0. The Balaban J connectivity index is 1.49. The molecule has 1 saturated heterocycles. The van der Waals surface area contributed by atoms with Gasteiger partial charge in [0.2, 0.25) is 0 Å². The van der Waals surface area contributed by atoms with Crippen LogP contribution in [0.3, 0.4) is 0 Å². The van der Waals surface area contributed by atoms with E-state index in [4.69, 9.17) is 0 Å². The van der Waals surface area contributed by atoms with E-state index in [1.807, 2.05) is 42.1 Å². The molecule has 0 saturated carbocycles. The molecule has 2 aromatic rings. The summed E-state index contributed by atoms with van der Waals surface area (Å²) in [6, 6.07) is 15.0. The second-order valence-corrected chi connectivity index (χ2v) is 9.38. The molecule has 29 heavy (non-hydrogen) atoms. The number of carbonyl (C=O) groups excluding carboxylic acids is 3. The Hall–Kier alpha value is -2.45. The van der Waals surface area contributed by atoms with Crippen molar-refractivity contribution in [3.05, 3.63) is 59.7 Å². The average Bonchev–Trinajstić information content (AvgIpc) is 2.98. The molecule has 1 fully saturated rings. The summed E-state index contributed by atoms with van der Waals surface area (Å²) >= 11 is 3.20. The summed E-state index contributed by atoms with van der Waals surface area (Å²) in [5.74, 6) is 0.807. The molecule has 4 rings (SSSR count). The van der Waals surface area contributed by atoms with Crippen LogP contribution in [0.25, 0.3) is 0 Å². The first kappa shape index (κ1) is 19.8. The molecular formula is C21H21N3O3S2. The topological polar surface area (TPSA) is 87.3 Å². The van der Waals surface area contributed by atoms with Crippen LogP contribution in [-0.4, -0.2) is 34.9 Å². The number of benzene rings is 2. The van der Waals surface area contributed by atoms with Crippen molar-refractivity contribution in [2.24, 2.45) is 0 Å². The SMILES string of the molecule is CC1(CSc2ccccc2C(=O)NC2CCSc3ccccc32)NC(=O)NC1=O. The first-order valence-electron chi connectivity index (χ1n) is 9.34. The van der Waals surface area contributed by atoms with E-state index in [0.717, 1.165) is 22.6 Å². The third-order valence-corrected chi connectivity index (χ3v) is 7.54. The van der Waals surface area contributed by atoms with Crippen LogP contribution in [0.4, 0.5) is 4.79 Å². The molecule has 8 heteroatoms. The standard InChI is InChI=1S/C21H21N3O3S2/c1-21(19(26)23-20(27)24-21)12-29-17-9-5-3-7-14(17)18(25)22-15-10-11-28-16-8-4-2-6-13(15)16/h2-9,15H,10-12H2,1H3,(H,22,25)(H2,23,24,26,27). The minimum Gasteiger partial charge on any atom is -0.345 e. The molecule has 2 heterocycles. The number of hydrogen-bond donors (Lipinski definition) is 3. The highest BCUT2D eigenvalue weighted by Gasteiger charge is 2.42. The van der Waals surface area contributed by atoms with E-state index in [2.05, 4.69) is 28.1 Å². The van der Waals surface area contributed by atoms with E-state index in [9.17, 15) is 14.4 Å². The van der Waals surface area contributed by atoms with Gasteiger partial charge in [-0.1, -0.05) is 30.3 Å². The monoisotopic (exact) mass is 427 g/mol. The van der Waals surface area contributed by atoms with Gasteiger partial charge in [-0.3, -0.25) is 14.9 Å². The van der Waals surface area contributed by atoms with E-state index >= 15 is 0 Å². The third-order valence-electron chi connectivity index (χ3n) is 5.03. The van der Waals surface area contributed by atoms with E-state index in [-0.39, 0.29) is 17.9 Å². The Morgan fingerprint density at radius 1 is 1.21 bits per heavy atom. The van der Waals surface area contributed by atoms with Gasteiger partial charge in [0, 0.05) is 21.3 Å². The normalized spacial score (nSPS) is 23.1. The highest BCUT2D eigenvalue weighted by molar-refractivity contribution is 7.99. The molecule has 6 nitrogen and oxygen atoms in total. The van der Waals surface area contributed by atoms with Crippen LogP contribution in [-0.2, 0) is 4.79 Å². The first-order valence-corrected chi connectivity index (χ1v) is 11.3. The van der Waals surface area contributed by atoms with Gasteiger partial charge in [0.25, 0.3) is 11.8 Å². The number of thioether (sulfide) groups is 2. The number of hydrogen-bond acceptors (Lipinski definition) is 5. The summed E-state index contributed by atoms with van der Waals surface area (Å²) in [4.78, 5) is 38.5. The molecule has 0 spiro atoms. The smallest absolute Gasteiger partial charge is 0.322 e. The van der Waals surface area contributed by atoms with Gasteiger partial charge in [0.1, 0.15) is 5.54 Å². The fraction of sp³-hybridized carbons (Fsp3) is 0.286. The van der Waals surface area contributed by atoms with Crippen molar-refractivity contribution in [2.75, 3.05) is 11.5 Å². The van der Waals surface area contributed by atoms with Crippen molar-refractivity contribution in [3.8, 4) is 0 Å². The minimum absolute atomic E-state index is 0.0181. The molecule has 0 aromatic heterocycles. The lowest BCUT2D eigenvalue weighted by Gasteiger charge is -2.26. The second-order valence-electron chi connectivity index (χ2n) is 7.23. The number of urea groups is 1. The zero-order valence-electron chi connectivity index (χ0n) is 15.9. The van der Waals surface area contributed by atoms with Gasteiger partial charge in [-0.05, 0) is 37.1 Å². The Labute approximate surface area is 177 Å². The maximum atomic E-state index is 13.1. The maximum absolute atomic E-state index is 13.1. The van der Waals surface area contributed by atoms with Crippen molar-refractivity contribution in [1.29, 1.82) is 0 Å². The Bertz CT molecular complexity index is 981. The Kier molecular flexibility index (Phi) is 5.56. The lowest BCUT2D eigenvalue weighted by atomic mass is 10.0. The number of amides is 4. The van der Waals surface area contributed by atoms with Crippen LogP contribution in [0.2, 0.25) is 0 Å². The second kappa shape index (κ2) is 8.12. The van der Waals surface area contributed by atoms with Gasteiger partial charge < -0.3 is 10.6 Å². The van der Waals surface area contributed by atoms with Crippen molar-refractivity contribution in [3.63, 3.8) is 0 Å². The number of carbonyl (C=O) groups is 3. The predicted octanol–water partition coefficient (Wildman–Crippen LogP) is 3.34. The highest BCUT2D eigenvalue weighted by atomic mass is 32.2. The summed E-state index contributed by atoms with van der Waals surface area (Å²) in [6.07, 6.45) is 0.882.